The van der Waals surface area contributed by atoms with Gasteiger partial charge >= 0.3 is 0 Å². The highest BCUT2D eigenvalue weighted by Crippen LogP contribution is 2.18. The second kappa shape index (κ2) is 11.9. The molecule has 0 bridgehead atoms. The first-order chi connectivity index (χ1) is 14.2. The number of pyridine rings is 1. The SMILES string of the molecule is C=C(SCCCC)C(=N)/C=C\c1n[nH]c(Cc2ccc3ncccc3c2)n1.CN. The van der Waals surface area contributed by atoms with E-state index in [9.17, 15) is 0 Å². The predicted molar refractivity (Wildman–Crippen MR) is 124 cm³/mol. The maximum atomic E-state index is 8.06. The zero-order chi connectivity index (χ0) is 21.1. The van der Waals surface area contributed by atoms with E-state index >= 15 is 0 Å². The maximum Gasteiger partial charge on any atom is 0.173 e. The Bertz CT molecular complexity index is 976. The third-order valence-corrected chi connectivity index (χ3v) is 5.12. The summed E-state index contributed by atoms with van der Waals surface area (Å²) >= 11 is 1.63. The Morgan fingerprint density at radius 2 is 2.14 bits per heavy atom. The number of rotatable bonds is 9. The molecule has 152 valence electrons. The molecule has 29 heavy (non-hydrogen) atoms. The zero-order valence-electron chi connectivity index (χ0n) is 17.0. The van der Waals surface area contributed by atoms with Crippen molar-refractivity contribution in [2.24, 2.45) is 5.73 Å². The fourth-order valence-corrected chi connectivity index (χ4v) is 3.46. The number of nitrogens with zero attached hydrogens (tertiary/aromatic N) is 3. The van der Waals surface area contributed by atoms with Crippen LogP contribution in [0.1, 0.15) is 37.0 Å². The fourth-order valence-electron chi connectivity index (χ4n) is 2.56. The molecule has 0 radical (unpaired) electrons. The molecule has 0 fully saturated rings. The lowest BCUT2D eigenvalue weighted by Gasteiger charge is -2.02. The highest BCUT2D eigenvalue weighted by Gasteiger charge is 2.05. The molecule has 2 heterocycles. The van der Waals surface area contributed by atoms with Crippen molar-refractivity contribution in [1.82, 2.24) is 20.2 Å². The molecular weight excluding hydrogens is 380 g/mol. The van der Waals surface area contributed by atoms with Gasteiger partial charge in [-0.05, 0) is 55.1 Å². The molecule has 3 aromatic rings. The van der Waals surface area contributed by atoms with Crippen LogP contribution in [0, 0.1) is 5.41 Å². The number of hydrogen-bond acceptors (Lipinski definition) is 6. The van der Waals surface area contributed by atoms with Gasteiger partial charge in [0.05, 0.1) is 11.2 Å². The Balaban J connectivity index is 0.00000145. The van der Waals surface area contributed by atoms with E-state index in [0.29, 0.717) is 18.0 Å². The number of benzene rings is 1. The van der Waals surface area contributed by atoms with Crippen molar-refractivity contribution in [3.63, 3.8) is 0 Å². The van der Waals surface area contributed by atoms with Crippen molar-refractivity contribution in [3.05, 3.63) is 71.3 Å². The third kappa shape index (κ3) is 6.96. The van der Waals surface area contributed by atoms with Crippen molar-refractivity contribution in [3.8, 4) is 0 Å². The highest BCUT2D eigenvalue weighted by atomic mass is 32.2. The number of unbranched alkanes of at least 4 members (excludes halogenated alkanes) is 1. The lowest BCUT2D eigenvalue weighted by atomic mass is 10.1. The number of fused-ring (bicyclic) bond motifs is 1. The van der Waals surface area contributed by atoms with Gasteiger partial charge in [0.25, 0.3) is 0 Å². The Hall–Kier alpha value is -2.77. The van der Waals surface area contributed by atoms with Gasteiger partial charge < -0.3 is 5.73 Å². The molecule has 0 aliphatic rings. The van der Waals surface area contributed by atoms with Gasteiger partial charge in [-0.15, -0.1) is 11.8 Å². The van der Waals surface area contributed by atoms with Crippen LogP contribution in [0.2, 0.25) is 0 Å². The molecule has 0 amide bonds. The average molecular weight is 409 g/mol. The minimum Gasteiger partial charge on any atom is -0.333 e. The minimum atomic E-state index is 0.407. The summed E-state index contributed by atoms with van der Waals surface area (Å²) in [6.45, 7) is 6.11. The summed E-state index contributed by atoms with van der Waals surface area (Å²) in [4.78, 5) is 9.61. The van der Waals surface area contributed by atoms with Crippen molar-refractivity contribution in [2.75, 3.05) is 12.8 Å². The van der Waals surface area contributed by atoms with Crippen molar-refractivity contribution < 1.29 is 0 Å². The molecule has 7 heteroatoms. The van der Waals surface area contributed by atoms with Gasteiger partial charge in [0.2, 0.25) is 0 Å². The monoisotopic (exact) mass is 408 g/mol. The Morgan fingerprint density at radius 3 is 2.93 bits per heavy atom. The summed E-state index contributed by atoms with van der Waals surface area (Å²) in [6.07, 6.45) is 8.20. The standard InChI is InChI=1S/C21H23N5S.CH5N/c1-3-4-12-27-15(2)18(22)8-10-20-24-21(26-25-20)14-16-7-9-19-17(13-16)6-5-11-23-19;1-2/h5-11,13,22H,2-4,12,14H2,1H3,(H,24,25,26);2H2,1H3/b10-8-,22-18?;. The molecule has 6 nitrogen and oxygen atoms in total. The minimum absolute atomic E-state index is 0.407. The van der Waals surface area contributed by atoms with Crippen LogP contribution in [0.3, 0.4) is 0 Å². The van der Waals surface area contributed by atoms with Gasteiger partial charge in [0.15, 0.2) is 5.82 Å². The molecule has 0 saturated carbocycles. The van der Waals surface area contributed by atoms with Crippen LogP contribution in [0.5, 0.6) is 0 Å². The number of nitrogens with one attached hydrogen (secondary N) is 2. The Labute approximate surface area is 176 Å². The second-order valence-electron chi connectivity index (χ2n) is 6.22. The van der Waals surface area contributed by atoms with Crippen molar-refractivity contribution >= 4 is 34.5 Å². The molecular formula is C22H28N6S. The van der Waals surface area contributed by atoms with Gasteiger partial charge in [-0.25, -0.2) is 4.98 Å². The molecule has 2 aromatic heterocycles. The molecule has 3 rings (SSSR count). The zero-order valence-corrected chi connectivity index (χ0v) is 17.8. The van der Waals surface area contributed by atoms with Crippen LogP contribution in [-0.4, -0.2) is 38.7 Å². The summed E-state index contributed by atoms with van der Waals surface area (Å²) in [7, 11) is 1.50. The lowest BCUT2D eigenvalue weighted by Crippen LogP contribution is -1.93. The molecule has 0 spiro atoms. The van der Waals surface area contributed by atoms with Gasteiger partial charge in [0, 0.05) is 22.9 Å². The first-order valence-corrected chi connectivity index (χ1v) is 10.6. The van der Waals surface area contributed by atoms with Crippen LogP contribution < -0.4 is 5.73 Å². The van der Waals surface area contributed by atoms with E-state index in [1.807, 2.05) is 12.1 Å². The quantitative estimate of drug-likeness (QED) is 0.354. The predicted octanol–water partition coefficient (Wildman–Crippen LogP) is 4.60. The summed E-state index contributed by atoms with van der Waals surface area (Å²) in [5.41, 5.74) is 7.04. The topological polar surface area (TPSA) is 104 Å². The molecule has 1 aromatic carbocycles. The molecule has 0 aliphatic heterocycles. The molecule has 0 aliphatic carbocycles. The number of allylic oxidation sites excluding steroid dienone is 2. The maximum absolute atomic E-state index is 8.06. The normalized spacial score (nSPS) is 10.7. The van der Waals surface area contributed by atoms with Crippen LogP contribution in [0.25, 0.3) is 17.0 Å². The van der Waals surface area contributed by atoms with Crippen molar-refractivity contribution in [2.45, 2.75) is 26.2 Å². The van der Waals surface area contributed by atoms with Crippen molar-refractivity contribution in [1.29, 1.82) is 5.41 Å². The fraction of sp³-hybridized carbons (Fsp3) is 0.273. The smallest absolute Gasteiger partial charge is 0.173 e. The van der Waals surface area contributed by atoms with Crippen LogP contribution in [-0.2, 0) is 6.42 Å². The summed E-state index contributed by atoms with van der Waals surface area (Å²) in [6, 6.07) is 10.2. The Kier molecular flexibility index (Phi) is 9.27. The number of aromatic amines is 1. The van der Waals surface area contributed by atoms with E-state index in [2.05, 4.69) is 57.6 Å². The number of thioether (sulfide) groups is 1. The van der Waals surface area contributed by atoms with Gasteiger partial charge in [0.1, 0.15) is 5.82 Å². The van der Waals surface area contributed by atoms with Crippen LogP contribution in [0.15, 0.2) is 54.1 Å². The average Bonchev–Trinajstić information content (AvgIpc) is 3.20. The molecule has 0 saturated heterocycles. The van der Waals surface area contributed by atoms with Crippen LogP contribution >= 0.6 is 11.8 Å². The molecule has 0 atom stereocenters. The summed E-state index contributed by atoms with van der Waals surface area (Å²) < 4.78 is 0. The van der Waals surface area contributed by atoms with Crippen LogP contribution in [0.4, 0.5) is 0 Å². The second-order valence-corrected chi connectivity index (χ2v) is 7.41. The van der Waals surface area contributed by atoms with Gasteiger partial charge in [-0.3, -0.25) is 15.5 Å². The molecule has 4 N–H and O–H groups in total. The van der Waals surface area contributed by atoms with Gasteiger partial charge in [-0.1, -0.05) is 32.1 Å². The third-order valence-electron chi connectivity index (χ3n) is 4.06. The Morgan fingerprint density at radius 1 is 1.31 bits per heavy atom. The molecule has 0 unspecified atom stereocenters. The lowest BCUT2D eigenvalue weighted by molar-refractivity contribution is 0.897. The van der Waals surface area contributed by atoms with E-state index < -0.39 is 0 Å². The number of nitrogens with two attached hydrogens (primary N) is 1. The van der Waals surface area contributed by atoms with Gasteiger partial charge in [-0.2, -0.15) is 5.10 Å². The number of hydrogen-bond donors (Lipinski definition) is 3. The van der Waals surface area contributed by atoms with E-state index in [1.165, 1.54) is 7.05 Å². The summed E-state index contributed by atoms with van der Waals surface area (Å²) in [5.74, 6) is 2.36. The first kappa shape index (κ1) is 22.5. The summed E-state index contributed by atoms with van der Waals surface area (Å²) in [5, 5.41) is 16.4. The van der Waals surface area contributed by atoms with E-state index in [-0.39, 0.29) is 0 Å². The van der Waals surface area contributed by atoms with E-state index in [1.54, 1.807) is 30.1 Å². The number of aromatic nitrogens is 4. The highest BCUT2D eigenvalue weighted by molar-refractivity contribution is 8.04. The van der Waals surface area contributed by atoms with E-state index in [4.69, 9.17) is 5.41 Å². The first-order valence-electron chi connectivity index (χ1n) is 9.57. The largest absolute Gasteiger partial charge is 0.333 e. The van der Waals surface area contributed by atoms with E-state index in [0.717, 1.165) is 45.8 Å². The number of H-pyrrole nitrogens is 1.